The third kappa shape index (κ3) is 4.35. The number of para-hydroxylation sites is 1. The highest BCUT2D eigenvalue weighted by Crippen LogP contribution is 2.40. The first-order chi connectivity index (χ1) is 17.8. The maximum Gasteiger partial charge on any atom is 0.336 e. The number of fused-ring (bicyclic) bond motifs is 1. The average Bonchev–Trinajstić information content (AvgIpc) is 3.30. The maximum atomic E-state index is 15.4. The van der Waals surface area contributed by atoms with Gasteiger partial charge in [0.15, 0.2) is 23.3 Å². The first-order valence-electron chi connectivity index (χ1n) is 11.3. The SMILES string of the molecule is Cc1cc2c(c(C(=O)O)c1)CC(c1c(F)c(F)c(-c3ccccc3OCc3ccccc3)c(F)c1F)=N2. The van der Waals surface area contributed by atoms with Crippen LogP contribution in [-0.4, -0.2) is 16.8 Å². The van der Waals surface area contributed by atoms with Gasteiger partial charge in [-0.2, -0.15) is 0 Å². The molecule has 0 atom stereocenters. The number of hydrogen-bond donors (Lipinski definition) is 1. The predicted octanol–water partition coefficient (Wildman–Crippen LogP) is 7.17. The van der Waals surface area contributed by atoms with Crippen LogP contribution in [0.1, 0.15) is 32.6 Å². The monoisotopic (exact) mass is 505 g/mol. The highest BCUT2D eigenvalue weighted by atomic mass is 19.2. The number of benzene rings is 4. The van der Waals surface area contributed by atoms with E-state index in [-0.39, 0.29) is 46.9 Å². The van der Waals surface area contributed by atoms with Crippen molar-refractivity contribution < 1.29 is 32.2 Å². The molecule has 1 aliphatic rings. The van der Waals surface area contributed by atoms with Gasteiger partial charge in [0.2, 0.25) is 0 Å². The highest BCUT2D eigenvalue weighted by molar-refractivity contribution is 6.09. The number of rotatable bonds is 6. The first-order valence-corrected chi connectivity index (χ1v) is 11.3. The van der Waals surface area contributed by atoms with Crippen molar-refractivity contribution in [2.75, 3.05) is 0 Å². The van der Waals surface area contributed by atoms with E-state index in [4.69, 9.17) is 4.74 Å². The van der Waals surface area contributed by atoms with E-state index in [1.54, 1.807) is 43.3 Å². The van der Waals surface area contributed by atoms with E-state index in [9.17, 15) is 9.90 Å². The van der Waals surface area contributed by atoms with Crippen LogP contribution in [0.3, 0.4) is 0 Å². The van der Waals surface area contributed by atoms with Crippen molar-refractivity contribution in [2.24, 2.45) is 4.99 Å². The number of hydrogen-bond acceptors (Lipinski definition) is 3. The second-order valence-electron chi connectivity index (χ2n) is 8.63. The summed E-state index contributed by atoms with van der Waals surface area (Å²) in [5, 5.41) is 9.50. The maximum absolute atomic E-state index is 15.4. The Morgan fingerprint density at radius 2 is 1.51 bits per heavy atom. The van der Waals surface area contributed by atoms with Crippen molar-refractivity contribution >= 4 is 17.4 Å². The van der Waals surface area contributed by atoms with Gasteiger partial charge in [0.05, 0.1) is 28.1 Å². The Morgan fingerprint density at radius 1 is 0.892 bits per heavy atom. The van der Waals surface area contributed by atoms with Crippen molar-refractivity contribution in [1.82, 2.24) is 0 Å². The third-order valence-electron chi connectivity index (χ3n) is 6.15. The molecule has 4 nitrogen and oxygen atoms in total. The van der Waals surface area contributed by atoms with Crippen molar-refractivity contribution in [1.29, 1.82) is 0 Å². The molecule has 1 N–H and O–H groups in total. The molecule has 0 radical (unpaired) electrons. The molecule has 0 aromatic heterocycles. The van der Waals surface area contributed by atoms with Gasteiger partial charge in [-0.15, -0.1) is 0 Å². The predicted molar refractivity (Wildman–Crippen MR) is 131 cm³/mol. The molecule has 0 aliphatic carbocycles. The normalized spacial score (nSPS) is 12.3. The minimum Gasteiger partial charge on any atom is -0.488 e. The number of carboxylic acid groups (broad SMARTS) is 1. The fourth-order valence-electron chi connectivity index (χ4n) is 4.43. The Morgan fingerprint density at radius 3 is 2.19 bits per heavy atom. The van der Waals surface area contributed by atoms with Crippen molar-refractivity contribution in [3.8, 4) is 16.9 Å². The van der Waals surface area contributed by atoms with Gasteiger partial charge in [-0.1, -0.05) is 48.5 Å². The molecule has 1 heterocycles. The van der Waals surface area contributed by atoms with Gasteiger partial charge in [-0.25, -0.2) is 22.4 Å². The fourth-order valence-corrected chi connectivity index (χ4v) is 4.43. The number of halogens is 4. The number of nitrogens with zero attached hydrogens (tertiary/aromatic N) is 1. The van der Waals surface area contributed by atoms with Gasteiger partial charge >= 0.3 is 5.97 Å². The summed E-state index contributed by atoms with van der Waals surface area (Å²) in [4.78, 5) is 15.8. The lowest BCUT2D eigenvalue weighted by Gasteiger charge is -2.16. The number of aliphatic imine (C=N–C) groups is 1. The molecule has 186 valence electrons. The summed E-state index contributed by atoms with van der Waals surface area (Å²) in [6.07, 6.45) is -0.292. The second-order valence-corrected chi connectivity index (χ2v) is 8.63. The molecule has 4 aromatic rings. The summed E-state index contributed by atoms with van der Waals surface area (Å²) < 4.78 is 67.3. The van der Waals surface area contributed by atoms with Gasteiger partial charge < -0.3 is 9.84 Å². The Hall–Kier alpha value is -4.46. The van der Waals surface area contributed by atoms with Crippen LogP contribution in [-0.2, 0) is 13.0 Å². The van der Waals surface area contributed by atoms with Crippen molar-refractivity contribution in [2.45, 2.75) is 20.0 Å². The van der Waals surface area contributed by atoms with Crippen LogP contribution < -0.4 is 4.74 Å². The topological polar surface area (TPSA) is 58.9 Å². The lowest BCUT2D eigenvalue weighted by atomic mass is 9.95. The highest BCUT2D eigenvalue weighted by Gasteiger charge is 2.33. The number of aryl methyl sites for hydroxylation is 1. The standard InChI is InChI=1S/C29H19F4NO3/c1-15-11-19(29(35)36)18-13-21(34-20(18)12-15)24-27(32)25(30)23(26(31)28(24)33)17-9-5-6-10-22(17)37-14-16-7-3-2-4-8-16/h2-12H,13-14H2,1H3,(H,35,36). The van der Waals surface area contributed by atoms with Crippen LogP contribution >= 0.6 is 0 Å². The fraction of sp³-hybridized carbons (Fsp3) is 0.103. The molecule has 0 bridgehead atoms. The summed E-state index contributed by atoms with van der Waals surface area (Å²) >= 11 is 0. The molecule has 0 fully saturated rings. The minimum atomic E-state index is -1.62. The molecular formula is C29H19F4NO3. The van der Waals surface area contributed by atoms with Crippen LogP contribution in [0.25, 0.3) is 11.1 Å². The van der Waals surface area contributed by atoms with Crippen molar-refractivity contribution in [3.63, 3.8) is 0 Å². The molecule has 8 heteroatoms. The summed E-state index contributed by atoms with van der Waals surface area (Å²) in [5.41, 5.74) is -0.632. The molecule has 0 saturated carbocycles. The molecule has 0 unspecified atom stereocenters. The van der Waals surface area contributed by atoms with Crippen LogP contribution in [0, 0.1) is 30.2 Å². The molecule has 0 amide bonds. The summed E-state index contributed by atoms with van der Waals surface area (Å²) in [6, 6.07) is 17.8. The minimum absolute atomic E-state index is 0.0443. The Kier molecular flexibility index (Phi) is 6.25. The lowest BCUT2D eigenvalue weighted by molar-refractivity contribution is 0.0696. The van der Waals surface area contributed by atoms with E-state index in [2.05, 4.69) is 4.99 Å². The average molecular weight is 505 g/mol. The molecular weight excluding hydrogens is 486 g/mol. The molecule has 37 heavy (non-hydrogen) atoms. The van der Waals surface area contributed by atoms with Crippen LogP contribution in [0.5, 0.6) is 5.75 Å². The lowest BCUT2D eigenvalue weighted by Crippen LogP contribution is -2.14. The van der Waals surface area contributed by atoms with E-state index in [0.717, 1.165) is 5.56 Å². The van der Waals surface area contributed by atoms with Crippen molar-refractivity contribution in [3.05, 3.63) is 118 Å². The molecule has 0 spiro atoms. The second kappa shape index (κ2) is 9.54. The quantitative estimate of drug-likeness (QED) is 0.223. The smallest absolute Gasteiger partial charge is 0.336 e. The van der Waals surface area contributed by atoms with E-state index in [0.29, 0.717) is 5.56 Å². The van der Waals surface area contributed by atoms with E-state index in [1.165, 1.54) is 24.3 Å². The number of carbonyl (C=O) groups is 1. The largest absolute Gasteiger partial charge is 0.488 e. The molecule has 1 aliphatic heterocycles. The van der Waals surface area contributed by atoms with Crippen LogP contribution in [0.4, 0.5) is 23.2 Å². The number of aromatic carboxylic acids is 1. The van der Waals surface area contributed by atoms with Gasteiger partial charge in [0, 0.05) is 12.0 Å². The Balaban J connectivity index is 1.57. The Bertz CT molecular complexity index is 1550. The van der Waals surface area contributed by atoms with E-state index >= 15 is 17.6 Å². The van der Waals surface area contributed by atoms with Gasteiger partial charge in [0.25, 0.3) is 0 Å². The van der Waals surface area contributed by atoms with Gasteiger partial charge in [0.1, 0.15) is 12.4 Å². The summed E-state index contributed by atoms with van der Waals surface area (Å²) in [5.74, 6) is -7.63. The molecule has 5 rings (SSSR count). The van der Waals surface area contributed by atoms with Gasteiger partial charge in [-0.3, -0.25) is 4.99 Å². The Labute approximate surface area is 209 Å². The van der Waals surface area contributed by atoms with Crippen LogP contribution in [0.15, 0.2) is 71.7 Å². The summed E-state index contributed by atoms with van der Waals surface area (Å²) in [7, 11) is 0. The zero-order valence-corrected chi connectivity index (χ0v) is 19.5. The zero-order chi connectivity index (χ0) is 26.3. The third-order valence-corrected chi connectivity index (χ3v) is 6.15. The first kappa shape index (κ1) is 24.2. The molecule has 4 aromatic carbocycles. The summed E-state index contributed by atoms with van der Waals surface area (Å²) in [6.45, 7) is 1.72. The zero-order valence-electron chi connectivity index (χ0n) is 19.5. The number of carboxylic acids is 1. The van der Waals surface area contributed by atoms with Crippen LogP contribution in [0.2, 0.25) is 0 Å². The van der Waals surface area contributed by atoms with Gasteiger partial charge in [-0.05, 0) is 41.8 Å². The van der Waals surface area contributed by atoms with E-state index < -0.39 is 40.4 Å². The van der Waals surface area contributed by atoms with E-state index in [1.807, 2.05) is 6.07 Å². The number of ether oxygens (including phenoxy) is 1. The molecule has 0 saturated heterocycles.